The Bertz CT molecular complexity index is 107. The minimum atomic E-state index is 0.0940. The Morgan fingerprint density at radius 2 is 2.33 bits per heavy atom. The van der Waals surface area contributed by atoms with Crippen LogP contribution in [-0.4, -0.2) is 13.1 Å². The molecule has 0 saturated carbocycles. The molecule has 0 aliphatic rings. The van der Waals surface area contributed by atoms with Gasteiger partial charge in [-0.15, -0.1) is 5.92 Å². The average Bonchev–Trinajstić information content (AvgIpc) is 1.89. The fraction of sp³-hybridized carbons (Fsp3) is 0.625. The van der Waals surface area contributed by atoms with Gasteiger partial charge in [0, 0.05) is 6.42 Å². The third-order valence-electron chi connectivity index (χ3n) is 1.000. The van der Waals surface area contributed by atoms with Crippen molar-refractivity contribution in [2.45, 2.75) is 25.8 Å². The first-order valence-corrected chi connectivity index (χ1v) is 3.30. The first-order valence-electron chi connectivity index (χ1n) is 3.30. The van der Waals surface area contributed by atoms with Crippen molar-refractivity contribution < 1.29 is 0 Å². The first kappa shape index (κ1) is 8.52. The molecule has 0 aliphatic heterocycles. The van der Waals surface area contributed by atoms with Crippen LogP contribution in [0.5, 0.6) is 0 Å². The van der Waals surface area contributed by atoms with E-state index in [0.717, 1.165) is 12.8 Å². The number of hydrogen-bond donors (Lipinski definition) is 1. The summed E-state index contributed by atoms with van der Waals surface area (Å²) in [7, 11) is 1.86. The topological polar surface area (TPSA) is 12.0 Å². The molecular weight excluding hydrogens is 110 g/mol. The molecule has 0 aromatic rings. The van der Waals surface area contributed by atoms with Gasteiger partial charge in [-0.05, 0) is 20.4 Å². The normalized spacial score (nSPS) is 11.9. The maximum Gasteiger partial charge on any atom is 0.0688 e. The zero-order valence-electron chi connectivity index (χ0n) is 6.20. The summed E-state index contributed by atoms with van der Waals surface area (Å²) in [6.45, 7) is 5.86. The van der Waals surface area contributed by atoms with Gasteiger partial charge in [0.15, 0.2) is 0 Å². The third-order valence-corrected chi connectivity index (χ3v) is 1.000. The minimum absolute atomic E-state index is 0.0940. The van der Waals surface area contributed by atoms with Crippen LogP contribution < -0.4 is 5.32 Å². The predicted octanol–water partition coefficient (Wildman–Crippen LogP) is 1.21. The quantitative estimate of drug-likeness (QED) is 0.546. The molecule has 1 N–H and O–H groups in total. The van der Waals surface area contributed by atoms with Gasteiger partial charge in [0.25, 0.3) is 0 Å². The smallest absolute Gasteiger partial charge is 0.0688 e. The van der Waals surface area contributed by atoms with E-state index in [4.69, 9.17) is 0 Å². The summed E-state index contributed by atoms with van der Waals surface area (Å²) >= 11 is 0. The SMILES string of the molecule is [CH2]C(C#CCCC)NC. The van der Waals surface area contributed by atoms with Crippen LogP contribution in [0.2, 0.25) is 0 Å². The van der Waals surface area contributed by atoms with Crippen LogP contribution in [0.3, 0.4) is 0 Å². The summed E-state index contributed by atoms with van der Waals surface area (Å²) in [4.78, 5) is 0. The van der Waals surface area contributed by atoms with Gasteiger partial charge in [0.1, 0.15) is 0 Å². The van der Waals surface area contributed by atoms with Crippen LogP contribution in [0.4, 0.5) is 0 Å². The summed E-state index contributed by atoms with van der Waals surface area (Å²) in [5.74, 6) is 5.97. The van der Waals surface area contributed by atoms with E-state index in [1.54, 1.807) is 0 Å². The Morgan fingerprint density at radius 1 is 1.67 bits per heavy atom. The monoisotopic (exact) mass is 124 g/mol. The maximum atomic E-state index is 3.74. The maximum absolute atomic E-state index is 3.74. The molecule has 0 aromatic heterocycles. The molecule has 1 radical (unpaired) electrons. The van der Waals surface area contributed by atoms with Crippen molar-refractivity contribution in [1.29, 1.82) is 0 Å². The Morgan fingerprint density at radius 3 is 2.78 bits per heavy atom. The highest BCUT2D eigenvalue weighted by Gasteiger charge is 1.85. The summed E-state index contributed by atoms with van der Waals surface area (Å²) in [5, 5.41) is 2.94. The summed E-state index contributed by atoms with van der Waals surface area (Å²) in [6, 6.07) is 0.0940. The summed E-state index contributed by atoms with van der Waals surface area (Å²) in [5.41, 5.74) is 0. The van der Waals surface area contributed by atoms with Crippen molar-refractivity contribution in [3.05, 3.63) is 6.92 Å². The average molecular weight is 124 g/mol. The van der Waals surface area contributed by atoms with E-state index >= 15 is 0 Å². The number of rotatable bonds is 2. The summed E-state index contributed by atoms with van der Waals surface area (Å²) < 4.78 is 0. The molecule has 1 heteroatoms. The second-order valence-corrected chi connectivity index (χ2v) is 1.91. The molecule has 1 unspecified atom stereocenters. The Kier molecular flexibility index (Phi) is 5.35. The van der Waals surface area contributed by atoms with E-state index in [9.17, 15) is 0 Å². The van der Waals surface area contributed by atoms with E-state index in [-0.39, 0.29) is 6.04 Å². The third kappa shape index (κ3) is 5.39. The van der Waals surface area contributed by atoms with Crippen LogP contribution >= 0.6 is 0 Å². The van der Waals surface area contributed by atoms with Gasteiger partial charge < -0.3 is 5.32 Å². The predicted molar refractivity (Wildman–Crippen MR) is 40.9 cm³/mol. The first-order chi connectivity index (χ1) is 4.31. The molecule has 0 heterocycles. The lowest BCUT2D eigenvalue weighted by Crippen LogP contribution is -2.18. The molecule has 0 spiro atoms. The molecule has 9 heavy (non-hydrogen) atoms. The molecule has 1 atom stereocenters. The molecule has 0 amide bonds. The fourth-order valence-corrected chi connectivity index (χ4v) is 0.393. The second kappa shape index (κ2) is 5.65. The van der Waals surface area contributed by atoms with Crippen LogP contribution in [0.1, 0.15) is 19.8 Å². The van der Waals surface area contributed by atoms with Crippen molar-refractivity contribution in [2.24, 2.45) is 0 Å². The van der Waals surface area contributed by atoms with Crippen molar-refractivity contribution >= 4 is 0 Å². The minimum Gasteiger partial charge on any atom is -0.307 e. The van der Waals surface area contributed by atoms with Crippen LogP contribution in [-0.2, 0) is 0 Å². The van der Waals surface area contributed by atoms with E-state index in [2.05, 4.69) is 31.0 Å². The Hall–Kier alpha value is -0.480. The number of hydrogen-bond acceptors (Lipinski definition) is 1. The zero-order valence-corrected chi connectivity index (χ0v) is 6.20. The van der Waals surface area contributed by atoms with Gasteiger partial charge in [-0.3, -0.25) is 0 Å². The Balaban J connectivity index is 3.33. The van der Waals surface area contributed by atoms with Crippen LogP contribution in [0, 0.1) is 18.8 Å². The zero-order chi connectivity index (χ0) is 7.11. The van der Waals surface area contributed by atoms with Crippen molar-refractivity contribution in [3.63, 3.8) is 0 Å². The van der Waals surface area contributed by atoms with E-state index < -0.39 is 0 Å². The number of nitrogens with one attached hydrogen (secondary N) is 1. The molecule has 0 aromatic carbocycles. The van der Waals surface area contributed by atoms with Gasteiger partial charge >= 0.3 is 0 Å². The molecule has 0 bridgehead atoms. The van der Waals surface area contributed by atoms with Crippen molar-refractivity contribution in [1.82, 2.24) is 5.32 Å². The fourth-order valence-electron chi connectivity index (χ4n) is 0.393. The van der Waals surface area contributed by atoms with Gasteiger partial charge in [0.2, 0.25) is 0 Å². The molecular formula is C8H14N. The molecule has 51 valence electrons. The van der Waals surface area contributed by atoms with E-state index in [0.29, 0.717) is 0 Å². The second-order valence-electron chi connectivity index (χ2n) is 1.91. The molecule has 0 saturated heterocycles. The van der Waals surface area contributed by atoms with Crippen molar-refractivity contribution in [3.8, 4) is 11.8 Å². The largest absolute Gasteiger partial charge is 0.307 e. The highest BCUT2D eigenvalue weighted by atomic mass is 14.8. The molecule has 0 rings (SSSR count). The molecule has 0 fully saturated rings. The van der Waals surface area contributed by atoms with Gasteiger partial charge in [-0.1, -0.05) is 12.8 Å². The van der Waals surface area contributed by atoms with Crippen LogP contribution in [0.25, 0.3) is 0 Å². The van der Waals surface area contributed by atoms with Gasteiger partial charge in [-0.25, -0.2) is 0 Å². The highest BCUT2D eigenvalue weighted by molar-refractivity contribution is 5.08. The standard InChI is InChI=1S/C8H14N/c1-4-5-6-7-8(2)9-3/h8-9H,2,4-5H2,1,3H3. The molecule has 1 nitrogen and oxygen atoms in total. The lowest BCUT2D eigenvalue weighted by Gasteiger charge is -1.96. The Labute approximate surface area is 57.8 Å². The highest BCUT2D eigenvalue weighted by Crippen LogP contribution is 1.82. The van der Waals surface area contributed by atoms with Crippen molar-refractivity contribution in [2.75, 3.05) is 7.05 Å². The number of unbranched alkanes of at least 4 members (excludes halogenated alkanes) is 1. The van der Waals surface area contributed by atoms with E-state index in [1.807, 2.05) is 7.05 Å². The van der Waals surface area contributed by atoms with Gasteiger partial charge in [0.05, 0.1) is 6.04 Å². The summed E-state index contributed by atoms with van der Waals surface area (Å²) in [6.07, 6.45) is 2.11. The lowest BCUT2D eigenvalue weighted by molar-refractivity contribution is 0.806. The lowest BCUT2D eigenvalue weighted by atomic mass is 10.3. The van der Waals surface area contributed by atoms with Gasteiger partial charge in [-0.2, -0.15) is 0 Å². The van der Waals surface area contributed by atoms with Crippen LogP contribution in [0.15, 0.2) is 0 Å². The van der Waals surface area contributed by atoms with E-state index in [1.165, 1.54) is 0 Å². The molecule has 0 aliphatic carbocycles.